The van der Waals surface area contributed by atoms with Crippen LogP contribution < -0.4 is 5.32 Å². The van der Waals surface area contributed by atoms with Crippen LogP contribution in [0.15, 0.2) is 36.5 Å². The van der Waals surface area contributed by atoms with E-state index in [-0.39, 0.29) is 11.9 Å². The highest BCUT2D eigenvalue weighted by Gasteiger charge is 2.24. The molecule has 7 heteroatoms. The van der Waals surface area contributed by atoms with Crippen molar-refractivity contribution in [1.82, 2.24) is 19.6 Å². The highest BCUT2D eigenvalue weighted by Crippen LogP contribution is 2.22. The molecule has 0 atom stereocenters. The molecule has 0 radical (unpaired) electrons. The number of aromatic nitrogens is 2. The quantitative estimate of drug-likeness (QED) is 0.827. The third-order valence-electron chi connectivity index (χ3n) is 4.33. The number of benzene rings is 1. The van der Waals surface area contributed by atoms with Crippen LogP contribution in [0.5, 0.6) is 0 Å². The van der Waals surface area contributed by atoms with Crippen molar-refractivity contribution in [1.29, 1.82) is 0 Å². The van der Waals surface area contributed by atoms with E-state index in [1.54, 1.807) is 14.5 Å². The largest absolute Gasteiger partial charge is 0.339 e. The fraction of sp³-hybridized carbons (Fsp3) is 0.421. The first-order valence-corrected chi connectivity index (χ1v) is 9.05. The lowest BCUT2D eigenvalue weighted by Gasteiger charge is -2.22. The van der Waals surface area contributed by atoms with Gasteiger partial charge in [0.25, 0.3) is 5.91 Å². The molecule has 7 nitrogen and oxygen atoms in total. The van der Waals surface area contributed by atoms with E-state index in [0.29, 0.717) is 37.6 Å². The monoisotopic (exact) mass is 357 g/mol. The molecule has 0 aliphatic carbocycles. The molecule has 2 aromatic rings. The van der Waals surface area contributed by atoms with Crippen molar-refractivity contribution < 1.29 is 9.59 Å². The van der Waals surface area contributed by atoms with Crippen LogP contribution in [0.1, 0.15) is 38.1 Å². The van der Waals surface area contributed by atoms with Crippen molar-refractivity contribution >= 4 is 17.8 Å². The Labute approximate surface area is 154 Å². The van der Waals surface area contributed by atoms with Gasteiger partial charge in [0.1, 0.15) is 5.56 Å². The van der Waals surface area contributed by atoms with E-state index < -0.39 is 0 Å². The Balaban J connectivity index is 2.48. The third kappa shape index (κ3) is 4.04. The van der Waals surface area contributed by atoms with Crippen molar-refractivity contribution in [2.24, 2.45) is 0 Å². The number of nitrogens with zero attached hydrogens (tertiary/aromatic N) is 4. The van der Waals surface area contributed by atoms with Crippen LogP contribution in [-0.4, -0.2) is 57.7 Å². The number of amides is 3. The van der Waals surface area contributed by atoms with Gasteiger partial charge in [0.15, 0.2) is 5.82 Å². The normalized spacial score (nSPS) is 10.5. The molecule has 0 aliphatic heterocycles. The molecule has 0 fully saturated rings. The topological polar surface area (TPSA) is 70.5 Å². The fourth-order valence-electron chi connectivity index (χ4n) is 2.76. The Morgan fingerprint density at radius 2 is 1.54 bits per heavy atom. The van der Waals surface area contributed by atoms with Gasteiger partial charge in [0.2, 0.25) is 0 Å². The van der Waals surface area contributed by atoms with Crippen molar-refractivity contribution in [2.45, 2.75) is 27.7 Å². The van der Waals surface area contributed by atoms with E-state index >= 15 is 0 Å². The van der Waals surface area contributed by atoms with Gasteiger partial charge >= 0.3 is 6.03 Å². The summed E-state index contributed by atoms with van der Waals surface area (Å²) >= 11 is 0. The predicted molar refractivity (Wildman–Crippen MR) is 103 cm³/mol. The van der Waals surface area contributed by atoms with Crippen LogP contribution in [0.2, 0.25) is 0 Å². The summed E-state index contributed by atoms with van der Waals surface area (Å²) in [6, 6.07) is 9.19. The number of para-hydroxylation sites is 1. The van der Waals surface area contributed by atoms with E-state index in [4.69, 9.17) is 0 Å². The summed E-state index contributed by atoms with van der Waals surface area (Å²) in [4.78, 5) is 28.8. The summed E-state index contributed by atoms with van der Waals surface area (Å²) in [6.07, 6.45) is 1.52. The summed E-state index contributed by atoms with van der Waals surface area (Å²) in [5, 5.41) is 7.24. The van der Waals surface area contributed by atoms with Gasteiger partial charge in [-0.3, -0.25) is 10.1 Å². The summed E-state index contributed by atoms with van der Waals surface area (Å²) in [5.74, 6) is 0.247. The first kappa shape index (κ1) is 19.5. The number of anilines is 1. The first-order valence-electron chi connectivity index (χ1n) is 9.05. The summed E-state index contributed by atoms with van der Waals surface area (Å²) in [6.45, 7) is 10.0. The molecule has 1 N–H and O–H groups in total. The zero-order valence-corrected chi connectivity index (χ0v) is 15.9. The second-order valence-electron chi connectivity index (χ2n) is 5.73. The molecule has 0 unspecified atom stereocenters. The Morgan fingerprint density at radius 3 is 2.08 bits per heavy atom. The Morgan fingerprint density at radius 1 is 0.962 bits per heavy atom. The second kappa shape index (κ2) is 9.03. The van der Waals surface area contributed by atoms with E-state index in [0.717, 1.165) is 5.69 Å². The van der Waals surface area contributed by atoms with Gasteiger partial charge in [-0.2, -0.15) is 5.10 Å². The van der Waals surface area contributed by atoms with Gasteiger partial charge < -0.3 is 9.80 Å². The SMILES string of the molecule is CCN(CC)C(=O)Nc1c(C(=O)N(CC)CC)cnn1-c1ccccc1. The van der Waals surface area contributed by atoms with Crippen LogP contribution >= 0.6 is 0 Å². The molecule has 0 aliphatic rings. The Kier molecular flexibility index (Phi) is 6.77. The summed E-state index contributed by atoms with van der Waals surface area (Å²) in [7, 11) is 0. The Bertz CT molecular complexity index is 734. The number of nitrogens with one attached hydrogen (secondary N) is 1. The zero-order valence-electron chi connectivity index (χ0n) is 15.9. The highest BCUT2D eigenvalue weighted by molar-refractivity contribution is 6.02. The van der Waals surface area contributed by atoms with Gasteiger partial charge in [-0.1, -0.05) is 18.2 Å². The van der Waals surface area contributed by atoms with Gasteiger partial charge in [-0.25, -0.2) is 9.48 Å². The minimum absolute atomic E-state index is 0.146. The van der Waals surface area contributed by atoms with Crippen LogP contribution in [0.25, 0.3) is 5.69 Å². The Hall–Kier alpha value is -2.83. The third-order valence-corrected chi connectivity index (χ3v) is 4.33. The number of urea groups is 1. The lowest BCUT2D eigenvalue weighted by molar-refractivity contribution is 0.0774. The number of hydrogen-bond acceptors (Lipinski definition) is 3. The summed E-state index contributed by atoms with van der Waals surface area (Å²) in [5.41, 5.74) is 1.17. The number of hydrogen-bond donors (Lipinski definition) is 1. The van der Waals surface area contributed by atoms with E-state index in [1.807, 2.05) is 58.0 Å². The standard InChI is InChI=1S/C19H27N5O2/c1-5-22(6-2)18(25)16-14-20-24(15-12-10-9-11-13-15)17(16)21-19(26)23(7-3)8-4/h9-14H,5-8H2,1-4H3,(H,21,26). The maximum absolute atomic E-state index is 12.9. The maximum atomic E-state index is 12.9. The molecule has 0 bridgehead atoms. The zero-order chi connectivity index (χ0) is 19.1. The summed E-state index contributed by atoms with van der Waals surface area (Å²) < 4.78 is 1.60. The van der Waals surface area contributed by atoms with Crippen LogP contribution in [-0.2, 0) is 0 Å². The molecule has 1 heterocycles. The van der Waals surface area contributed by atoms with E-state index in [9.17, 15) is 9.59 Å². The molecule has 3 amide bonds. The van der Waals surface area contributed by atoms with Crippen LogP contribution in [0.4, 0.5) is 10.6 Å². The highest BCUT2D eigenvalue weighted by atomic mass is 16.2. The van der Waals surface area contributed by atoms with Crippen LogP contribution in [0, 0.1) is 0 Å². The smallest absolute Gasteiger partial charge is 0.323 e. The molecule has 26 heavy (non-hydrogen) atoms. The average Bonchev–Trinajstić information content (AvgIpc) is 3.07. The first-order chi connectivity index (χ1) is 12.6. The molecular formula is C19H27N5O2. The second-order valence-corrected chi connectivity index (χ2v) is 5.73. The predicted octanol–water partition coefficient (Wildman–Crippen LogP) is 3.23. The molecule has 140 valence electrons. The lowest BCUT2D eigenvalue weighted by atomic mass is 10.2. The number of rotatable bonds is 7. The average molecular weight is 357 g/mol. The van der Waals surface area contributed by atoms with Crippen molar-refractivity contribution in [3.05, 3.63) is 42.1 Å². The van der Waals surface area contributed by atoms with E-state index in [1.165, 1.54) is 6.20 Å². The minimum atomic E-state index is -0.249. The molecule has 0 saturated heterocycles. The van der Waals surface area contributed by atoms with Gasteiger partial charge in [0.05, 0.1) is 11.9 Å². The molecule has 1 aromatic heterocycles. The van der Waals surface area contributed by atoms with Crippen molar-refractivity contribution in [3.8, 4) is 5.69 Å². The van der Waals surface area contributed by atoms with Crippen molar-refractivity contribution in [2.75, 3.05) is 31.5 Å². The fourth-order valence-corrected chi connectivity index (χ4v) is 2.76. The lowest BCUT2D eigenvalue weighted by Crippen LogP contribution is -2.36. The molecule has 1 aromatic carbocycles. The van der Waals surface area contributed by atoms with Gasteiger partial charge in [-0.15, -0.1) is 0 Å². The van der Waals surface area contributed by atoms with E-state index in [2.05, 4.69) is 10.4 Å². The van der Waals surface area contributed by atoms with Crippen molar-refractivity contribution in [3.63, 3.8) is 0 Å². The molecular weight excluding hydrogens is 330 g/mol. The van der Waals surface area contributed by atoms with Crippen LogP contribution in [0.3, 0.4) is 0 Å². The number of carbonyl (C=O) groups excluding carboxylic acids is 2. The number of carbonyl (C=O) groups is 2. The minimum Gasteiger partial charge on any atom is -0.339 e. The molecule has 0 spiro atoms. The van der Waals surface area contributed by atoms with Gasteiger partial charge in [-0.05, 0) is 39.8 Å². The molecule has 2 rings (SSSR count). The maximum Gasteiger partial charge on any atom is 0.323 e. The molecule has 0 saturated carbocycles. The van der Waals surface area contributed by atoms with Gasteiger partial charge in [0, 0.05) is 26.2 Å².